The minimum atomic E-state index is 0.129. The summed E-state index contributed by atoms with van der Waals surface area (Å²) < 4.78 is 1.43. The van der Waals surface area contributed by atoms with Gasteiger partial charge in [0, 0.05) is 5.56 Å². The number of aromatic nitrogens is 4. The van der Waals surface area contributed by atoms with Gasteiger partial charge in [-0.05, 0) is 32.4 Å². The van der Waals surface area contributed by atoms with Crippen molar-refractivity contribution >= 4 is 11.0 Å². The average molecular weight is 242 g/mol. The first kappa shape index (κ1) is 10.8. The lowest BCUT2D eigenvalue weighted by Crippen LogP contribution is -1.98. The summed E-state index contributed by atoms with van der Waals surface area (Å²) in [7, 11) is 0. The first-order chi connectivity index (χ1) is 8.58. The number of para-hydroxylation sites is 1. The summed E-state index contributed by atoms with van der Waals surface area (Å²) in [5.41, 5.74) is 4.50. The fourth-order valence-electron chi connectivity index (χ4n) is 2.00. The molecule has 0 atom stereocenters. The Bertz CT molecular complexity index is 739. The Morgan fingerprint density at radius 3 is 2.61 bits per heavy atom. The maximum atomic E-state index is 10.0. The van der Waals surface area contributed by atoms with Crippen molar-refractivity contribution in [1.82, 2.24) is 19.7 Å². The van der Waals surface area contributed by atoms with Gasteiger partial charge in [0.1, 0.15) is 0 Å². The van der Waals surface area contributed by atoms with E-state index < -0.39 is 0 Å². The van der Waals surface area contributed by atoms with Crippen molar-refractivity contribution in [3.8, 4) is 11.8 Å². The van der Waals surface area contributed by atoms with E-state index in [1.54, 1.807) is 0 Å². The number of H-pyrrole nitrogens is 1. The van der Waals surface area contributed by atoms with Crippen LogP contribution in [0.15, 0.2) is 18.2 Å². The molecule has 5 nitrogen and oxygen atoms in total. The second kappa shape index (κ2) is 3.60. The molecule has 0 saturated carbocycles. The van der Waals surface area contributed by atoms with Gasteiger partial charge < -0.3 is 10.1 Å². The van der Waals surface area contributed by atoms with Gasteiger partial charge in [-0.25, -0.2) is 4.98 Å². The highest BCUT2D eigenvalue weighted by molar-refractivity contribution is 5.79. The van der Waals surface area contributed by atoms with Crippen LogP contribution in [0.5, 0.6) is 5.88 Å². The third kappa shape index (κ3) is 1.40. The van der Waals surface area contributed by atoms with E-state index >= 15 is 0 Å². The van der Waals surface area contributed by atoms with Crippen molar-refractivity contribution in [2.24, 2.45) is 0 Å². The summed E-state index contributed by atoms with van der Waals surface area (Å²) in [6, 6.07) is 5.94. The van der Waals surface area contributed by atoms with Gasteiger partial charge in [-0.15, -0.1) is 0 Å². The summed E-state index contributed by atoms with van der Waals surface area (Å²) in [6.07, 6.45) is 0. The van der Waals surface area contributed by atoms with Gasteiger partial charge in [0.2, 0.25) is 11.8 Å². The summed E-state index contributed by atoms with van der Waals surface area (Å²) in [4.78, 5) is 7.65. The zero-order valence-corrected chi connectivity index (χ0v) is 10.5. The van der Waals surface area contributed by atoms with Crippen molar-refractivity contribution in [2.75, 3.05) is 0 Å². The van der Waals surface area contributed by atoms with E-state index in [0.29, 0.717) is 5.95 Å². The SMILES string of the molecule is Cc1nn(-c2nc3c(C)cccc3[nH]2)c(O)c1C. The van der Waals surface area contributed by atoms with Crippen LogP contribution in [0.3, 0.4) is 0 Å². The standard InChI is InChI=1S/C13H14N4O/c1-7-5-4-6-10-11(7)15-13(14-10)17-12(18)8(2)9(3)16-17/h4-6,18H,1-3H3,(H,14,15). The molecule has 0 spiro atoms. The lowest BCUT2D eigenvalue weighted by Gasteiger charge is -1.96. The molecule has 1 aromatic carbocycles. The molecule has 3 rings (SSSR count). The van der Waals surface area contributed by atoms with Crippen LogP contribution in [0.25, 0.3) is 17.0 Å². The van der Waals surface area contributed by atoms with Crippen LogP contribution in [-0.2, 0) is 0 Å². The fourth-order valence-corrected chi connectivity index (χ4v) is 2.00. The second-order valence-electron chi connectivity index (χ2n) is 4.48. The number of hydrogen-bond donors (Lipinski definition) is 2. The molecular formula is C13H14N4O. The van der Waals surface area contributed by atoms with Gasteiger partial charge in [0.25, 0.3) is 0 Å². The van der Waals surface area contributed by atoms with Crippen LogP contribution >= 0.6 is 0 Å². The quantitative estimate of drug-likeness (QED) is 0.688. The molecule has 92 valence electrons. The Kier molecular flexibility index (Phi) is 2.16. The zero-order chi connectivity index (χ0) is 12.9. The van der Waals surface area contributed by atoms with E-state index in [9.17, 15) is 5.11 Å². The van der Waals surface area contributed by atoms with E-state index in [4.69, 9.17) is 0 Å². The number of fused-ring (bicyclic) bond motifs is 1. The van der Waals surface area contributed by atoms with Crippen molar-refractivity contribution < 1.29 is 5.11 Å². The number of aromatic amines is 1. The minimum Gasteiger partial charge on any atom is -0.493 e. The molecule has 3 aromatic rings. The highest BCUT2D eigenvalue weighted by Crippen LogP contribution is 2.24. The topological polar surface area (TPSA) is 66.7 Å². The summed E-state index contributed by atoms with van der Waals surface area (Å²) in [5.74, 6) is 0.664. The molecule has 0 aliphatic carbocycles. The van der Waals surface area contributed by atoms with Crippen LogP contribution in [0.4, 0.5) is 0 Å². The van der Waals surface area contributed by atoms with Gasteiger partial charge in [-0.1, -0.05) is 12.1 Å². The number of aryl methyl sites for hydroxylation is 2. The zero-order valence-electron chi connectivity index (χ0n) is 10.5. The van der Waals surface area contributed by atoms with Gasteiger partial charge in [0.05, 0.1) is 16.7 Å². The predicted molar refractivity (Wildman–Crippen MR) is 69.1 cm³/mol. The van der Waals surface area contributed by atoms with E-state index in [1.807, 2.05) is 39.0 Å². The molecule has 0 aliphatic heterocycles. The number of rotatable bonds is 1. The molecule has 2 aromatic heterocycles. The Morgan fingerprint density at radius 1 is 1.22 bits per heavy atom. The molecule has 0 radical (unpaired) electrons. The van der Waals surface area contributed by atoms with E-state index in [2.05, 4.69) is 15.1 Å². The van der Waals surface area contributed by atoms with Crippen LogP contribution in [0, 0.1) is 20.8 Å². The third-order valence-corrected chi connectivity index (χ3v) is 3.23. The number of imidazole rings is 1. The lowest BCUT2D eigenvalue weighted by molar-refractivity contribution is 0.427. The largest absolute Gasteiger partial charge is 0.493 e. The molecule has 0 saturated heterocycles. The van der Waals surface area contributed by atoms with Crippen molar-refractivity contribution in [2.45, 2.75) is 20.8 Å². The van der Waals surface area contributed by atoms with E-state index in [0.717, 1.165) is 27.9 Å². The second-order valence-corrected chi connectivity index (χ2v) is 4.48. The smallest absolute Gasteiger partial charge is 0.232 e. The molecule has 5 heteroatoms. The van der Waals surface area contributed by atoms with Crippen molar-refractivity contribution in [3.05, 3.63) is 35.0 Å². The van der Waals surface area contributed by atoms with Crippen molar-refractivity contribution in [3.63, 3.8) is 0 Å². The van der Waals surface area contributed by atoms with Gasteiger partial charge in [-0.3, -0.25) is 0 Å². The van der Waals surface area contributed by atoms with Crippen LogP contribution < -0.4 is 0 Å². The minimum absolute atomic E-state index is 0.129. The first-order valence-corrected chi connectivity index (χ1v) is 5.79. The Balaban J connectivity index is 2.26. The molecular weight excluding hydrogens is 228 g/mol. The summed E-state index contributed by atoms with van der Waals surface area (Å²) in [6.45, 7) is 5.70. The fraction of sp³-hybridized carbons (Fsp3) is 0.231. The predicted octanol–water partition coefficient (Wildman–Crippen LogP) is 2.38. The molecule has 0 unspecified atom stereocenters. The van der Waals surface area contributed by atoms with Crippen LogP contribution in [0.1, 0.15) is 16.8 Å². The maximum Gasteiger partial charge on any atom is 0.232 e. The van der Waals surface area contributed by atoms with Gasteiger partial charge in [-0.2, -0.15) is 9.78 Å². The highest BCUT2D eigenvalue weighted by Gasteiger charge is 2.15. The molecule has 2 heterocycles. The normalized spacial score (nSPS) is 11.3. The highest BCUT2D eigenvalue weighted by atomic mass is 16.3. The summed E-state index contributed by atoms with van der Waals surface area (Å²) in [5, 5.41) is 14.3. The summed E-state index contributed by atoms with van der Waals surface area (Å²) >= 11 is 0. The van der Waals surface area contributed by atoms with Crippen LogP contribution in [0.2, 0.25) is 0 Å². The Labute approximate surface area is 104 Å². The Hall–Kier alpha value is -2.30. The average Bonchev–Trinajstić information content (AvgIpc) is 2.88. The van der Waals surface area contributed by atoms with Gasteiger partial charge >= 0.3 is 0 Å². The molecule has 0 amide bonds. The number of nitrogens with zero attached hydrogens (tertiary/aromatic N) is 3. The Morgan fingerprint density at radius 2 is 2.00 bits per heavy atom. The molecule has 2 N–H and O–H groups in total. The third-order valence-electron chi connectivity index (χ3n) is 3.23. The molecule has 0 fully saturated rings. The number of hydrogen-bond acceptors (Lipinski definition) is 3. The number of benzene rings is 1. The monoisotopic (exact) mass is 242 g/mol. The van der Waals surface area contributed by atoms with E-state index in [1.165, 1.54) is 4.68 Å². The maximum absolute atomic E-state index is 10.0. The number of aromatic hydroxyl groups is 1. The lowest BCUT2D eigenvalue weighted by atomic mass is 10.2. The van der Waals surface area contributed by atoms with E-state index in [-0.39, 0.29) is 5.88 Å². The first-order valence-electron chi connectivity index (χ1n) is 5.79. The molecule has 18 heavy (non-hydrogen) atoms. The number of nitrogens with one attached hydrogen (secondary N) is 1. The molecule has 0 bridgehead atoms. The van der Waals surface area contributed by atoms with Crippen LogP contribution in [-0.4, -0.2) is 24.9 Å². The molecule has 0 aliphatic rings. The van der Waals surface area contributed by atoms with Gasteiger partial charge in [0.15, 0.2) is 0 Å². The van der Waals surface area contributed by atoms with Crippen molar-refractivity contribution in [1.29, 1.82) is 0 Å².